The monoisotopic (exact) mass is 210 g/mol. The predicted octanol–water partition coefficient (Wildman–Crippen LogP) is 1.29. The lowest BCUT2D eigenvalue weighted by molar-refractivity contribution is -0.119. The van der Waals surface area contributed by atoms with Crippen LogP contribution in [-0.2, 0) is 4.79 Å². The van der Waals surface area contributed by atoms with Gasteiger partial charge in [0.15, 0.2) is 0 Å². The van der Waals surface area contributed by atoms with Crippen molar-refractivity contribution in [3.63, 3.8) is 0 Å². The van der Waals surface area contributed by atoms with Crippen molar-refractivity contribution in [2.24, 2.45) is 0 Å². The molecule has 0 spiro atoms. The Morgan fingerprint density at radius 2 is 2.20 bits per heavy atom. The third-order valence-electron chi connectivity index (χ3n) is 2.39. The highest BCUT2D eigenvalue weighted by Crippen LogP contribution is 2.20. The molecule has 1 aromatic rings. The summed E-state index contributed by atoms with van der Waals surface area (Å²) in [5.74, 6) is 1.79. The number of rotatable bonds is 4. The van der Waals surface area contributed by atoms with Gasteiger partial charge in [-0.15, -0.1) is 0 Å². The molecule has 4 heteroatoms. The lowest BCUT2D eigenvalue weighted by atomic mass is 10.1. The lowest BCUT2D eigenvalue weighted by Gasteiger charge is -2.11. The largest absolute Gasteiger partial charge is 0.466 e. The minimum Gasteiger partial charge on any atom is -0.466 e. The number of likely N-dealkylation sites (N-methyl/N-ethyl adjacent to an activating group) is 1. The second kappa shape index (κ2) is 4.98. The van der Waals surface area contributed by atoms with Crippen LogP contribution in [0.4, 0.5) is 0 Å². The fourth-order valence-electron chi connectivity index (χ4n) is 1.52. The zero-order chi connectivity index (χ0) is 11.4. The van der Waals surface area contributed by atoms with Gasteiger partial charge in [-0.2, -0.15) is 0 Å². The van der Waals surface area contributed by atoms with E-state index in [0.717, 1.165) is 17.1 Å². The molecule has 0 radical (unpaired) electrons. The number of carbonyl (C=O) groups excluding carboxylic acids is 1. The standard InChI is InChI=1S/C11H18N2O2/c1-7-5-10(9(3)15-7)8(2)13-6-11(14)12-4/h5,8,13H,6H2,1-4H3,(H,12,14). The van der Waals surface area contributed by atoms with Crippen molar-refractivity contribution in [1.82, 2.24) is 10.6 Å². The Balaban J connectivity index is 2.57. The molecule has 1 rings (SSSR count). The summed E-state index contributed by atoms with van der Waals surface area (Å²) in [5.41, 5.74) is 1.11. The van der Waals surface area contributed by atoms with E-state index in [9.17, 15) is 4.79 Å². The van der Waals surface area contributed by atoms with E-state index >= 15 is 0 Å². The molecule has 2 N–H and O–H groups in total. The minimum atomic E-state index is -0.0141. The van der Waals surface area contributed by atoms with Crippen LogP contribution in [0.2, 0.25) is 0 Å². The molecule has 84 valence electrons. The van der Waals surface area contributed by atoms with E-state index in [-0.39, 0.29) is 11.9 Å². The highest BCUT2D eigenvalue weighted by molar-refractivity contribution is 5.77. The van der Waals surface area contributed by atoms with Crippen molar-refractivity contribution in [1.29, 1.82) is 0 Å². The summed E-state index contributed by atoms with van der Waals surface area (Å²) in [6.45, 7) is 6.18. The summed E-state index contributed by atoms with van der Waals surface area (Å²) in [6, 6.07) is 2.12. The molecule has 0 bridgehead atoms. The van der Waals surface area contributed by atoms with E-state index in [0.29, 0.717) is 6.54 Å². The van der Waals surface area contributed by atoms with Crippen molar-refractivity contribution in [3.05, 3.63) is 23.2 Å². The molecule has 1 aromatic heterocycles. The van der Waals surface area contributed by atoms with E-state index < -0.39 is 0 Å². The summed E-state index contributed by atoms with van der Waals surface area (Å²) < 4.78 is 5.43. The van der Waals surface area contributed by atoms with Crippen molar-refractivity contribution >= 4 is 5.91 Å². The smallest absolute Gasteiger partial charge is 0.233 e. The molecule has 0 aliphatic carbocycles. The van der Waals surface area contributed by atoms with Crippen LogP contribution in [0.5, 0.6) is 0 Å². The van der Waals surface area contributed by atoms with Gasteiger partial charge in [-0.25, -0.2) is 0 Å². The zero-order valence-electron chi connectivity index (χ0n) is 9.68. The SMILES string of the molecule is CNC(=O)CNC(C)c1cc(C)oc1C. The summed E-state index contributed by atoms with van der Waals surface area (Å²) in [5, 5.41) is 5.70. The molecular weight excluding hydrogens is 192 g/mol. The third-order valence-corrected chi connectivity index (χ3v) is 2.39. The fourth-order valence-corrected chi connectivity index (χ4v) is 1.52. The quantitative estimate of drug-likeness (QED) is 0.787. The van der Waals surface area contributed by atoms with Crippen molar-refractivity contribution in [2.45, 2.75) is 26.8 Å². The van der Waals surface area contributed by atoms with Crippen LogP contribution in [0, 0.1) is 13.8 Å². The highest BCUT2D eigenvalue weighted by atomic mass is 16.3. The van der Waals surface area contributed by atoms with E-state index in [4.69, 9.17) is 4.42 Å². The van der Waals surface area contributed by atoms with Crippen molar-refractivity contribution in [3.8, 4) is 0 Å². The van der Waals surface area contributed by atoms with E-state index in [1.165, 1.54) is 0 Å². The average Bonchev–Trinajstić information content (AvgIpc) is 2.53. The van der Waals surface area contributed by atoms with Crippen molar-refractivity contribution < 1.29 is 9.21 Å². The van der Waals surface area contributed by atoms with Gasteiger partial charge >= 0.3 is 0 Å². The van der Waals surface area contributed by atoms with Gasteiger partial charge in [0.25, 0.3) is 0 Å². The van der Waals surface area contributed by atoms with Crippen LogP contribution in [0.1, 0.15) is 30.0 Å². The Morgan fingerprint density at radius 3 is 2.67 bits per heavy atom. The van der Waals surface area contributed by atoms with Gasteiger partial charge in [0.05, 0.1) is 6.54 Å². The van der Waals surface area contributed by atoms with Gasteiger partial charge in [0.2, 0.25) is 5.91 Å². The maximum absolute atomic E-state index is 11.0. The molecule has 1 atom stereocenters. The van der Waals surface area contributed by atoms with E-state index in [1.807, 2.05) is 26.8 Å². The summed E-state index contributed by atoms with van der Waals surface area (Å²) in [6.07, 6.45) is 0. The molecule has 15 heavy (non-hydrogen) atoms. The summed E-state index contributed by atoms with van der Waals surface area (Å²) in [7, 11) is 1.63. The first-order valence-corrected chi connectivity index (χ1v) is 5.05. The van der Waals surface area contributed by atoms with Gasteiger partial charge in [-0.1, -0.05) is 0 Å². The zero-order valence-corrected chi connectivity index (χ0v) is 9.68. The van der Waals surface area contributed by atoms with E-state index in [2.05, 4.69) is 10.6 Å². The summed E-state index contributed by atoms with van der Waals surface area (Å²) in [4.78, 5) is 11.0. The van der Waals surface area contributed by atoms with Crippen molar-refractivity contribution in [2.75, 3.05) is 13.6 Å². The van der Waals surface area contributed by atoms with Crippen LogP contribution in [0.15, 0.2) is 10.5 Å². The number of furan rings is 1. The number of carbonyl (C=O) groups is 1. The number of amides is 1. The van der Waals surface area contributed by atoms with Gasteiger partial charge in [0, 0.05) is 18.7 Å². The topological polar surface area (TPSA) is 54.3 Å². The van der Waals surface area contributed by atoms with Gasteiger partial charge in [-0.05, 0) is 26.8 Å². The molecule has 0 saturated carbocycles. The maximum Gasteiger partial charge on any atom is 0.233 e. The molecule has 1 heterocycles. The molecule has 0 aromatic carbocycles. The number of aryl methyl sites for hydroxylation is 2. The third kappa shape index (κ3) is 3.09. The van der Waals surface area contributed by atoms with Gasteiger partial charge in [0.1, 0.15) is 11.5 Å². The maximum atomic E-state index is 11.0. The Hall–Kier alpha value is -1.29. The molecule has 4 nitrogen and oxygen atoms in total. The van der Waals surface area contributed by atoms with Gasteiger partial charge in [-0.3, -0.25) is 4.79 Å². The minimum absolute atomic E-state index is 0.0141. The Morgan fingerprint density at radius 1 is 1.53 bits per heavy atom. The molecule has 1 amide bonds. The first-order valence-electron chi connectivity index (χ1n) is 5.05. The first kappa shape index (κ1) is 11.8. The molecule has 0 aliphatic rings. The molecule has 1 unspecified atom stereocenters. The molecule has 0 fully saturated rings. The van der Waals surface area contributed by atoms with E-state index in [1.54, 1.807) is 7.05 Å². The summed E-state index contributed by atoms with van der Waals surface area (Å²) >= 11 is 0. The first-order chi connectivity index (χ1) is 7.04. The number of nitrogens with one attached hydrogen (secondary N) is 2. The Labute approximate surface area is 90.0 Å². The lowest BCUT2D eigenvalue weighted by Crippen LogP contribution is -2.32. The van der Waals surface area contributed by atoms with Crippen LogP contribution in [-0.4, -0.2) is 19.5 Å². The number of hydrogen-bond donors (Lipinski definition) is 2. The second-order valence-electron chi connectivity index (χ2n) is 3.64. The van der Waals surface area contributed by atoms with Crippen LogP contribution in [0.25, 0.3) is 0 Å². The van der Waals surface area contributed by atoms with Crippen LogP contribution >= 0.6 is 0 Å². The Kier molecular flexibility index (Phi) is 3.91. The molecular formula is C11H18N2O2. The van der Waals surface area contributed by atoms with Gasteiger partial charge < -0.3 is 15.1 Å². The average molecular weight is 210 g/mol. The fraction of sp³-hybridized carbons (Fsp3) is 0.545. The van der Waals surface area contributed by atoms with Crippen LogP contribution in [0.3, 0.4) is 0 Å². The Bertz CT molecular complexity index is 344. The number of hydrogen-bond acceptors (Lipinski definition) is 3. The molecule has 0 aliphatic heterocycles. The highest BCUT2D eigenvalue weighted by Gasteiger charge is 2.12. The van der Waals surface area contributed by atoms with Crippen LogP contribution < -0.4 is 10.6 Å². The normalized spacial score (nSPS) is 12.5. The predicted molar refractivity (Wildman–Crippen MR) is 58.7 cm³/mol. The second-order valence-corrected chi connectivity index (χ2v) is 3.64. The molecule has 0 saturated heterocycles.